The van der Waals surface area contributed by atoms with Gasteiger partial charge in [0.15, 0.2) is 11.6 Å². The fourth-order valence-electron chi connectivity index (χ4n) is 2.83. The van der Waals surface area contributed by atoms with E-state index in [2.05, 4.69) is 5.32 Å². The van der Waals surface area contributed by atoms with Gasteiger partial charge in [-0.1, -0.05) is 0 Å². The van der Waals surface area contributed by atoms with E-state index in [0.717, 1.165) is 23.4 Å². The maximum atomic E-state index is 13.2. The van der Waals surface area contributed by atoms with Crippen molar-refractivity contribution in [3.05, 3.63) is 59.2 Å². The number of fused-ring (bicyclic) bond motifs is 1. The van der Waals surface area contributed by atoms with Crippen LogP contribution in [-0.2, 0) is 11.2 Å². The Morgan fingerprint density at radius 3 is 2.62 bits per heavy atom. The summed E-state index contributed by atoms with van der Waals surface area (Å²) in [6.07, 6.45) is 1.04. The lowest BCUT2D eigenvalue weighted by Crippen LogP contribution is -2.34. The highest BCUT2D eigenvalue weighted by Crippen LogP contribution is 2.30. The number of carbonyl (C=O) groups is 2. The van der Waals surface area contributed by atoms with Gasteiger partial charge in [0.1, 0.15) is 0 Å². The van der Waals surface area contributed by atoms with Crippen molar-refractivity contribution in [1.82, 2.24) is 0 Å². The molecule has 4 nitrogen and oxygen atoms in total. The zero-order valence-corrected chi connectivity index (χ0v) is 13.1. The number of halogens is 2. The molecule has 0 fully saturated rings. The largest absolute Gasteiger partial charge is 0.322 e. The molecule has 0 unspecified atom stereocenters. The summed E-state index contributed by atoms with van der Waals surface area (Å²) in [6.45, 7) is 2.50. The first-order valence-electron chi connectivity index (χ1n) is 7.69. The first-order valence-corrected chi connectivity index (χ1v) is 7.69. The molecular formula is C18H16F2N2O2. The second kappa shape index (κ2) is 6.39. The van der Waals surface area contributed by atoms with Gasteiger partial charge >= 0.3 is 0 Å². The normalized spacial score (nSPS) is 13.6. The maximum Gasteiger partial charge on any atom is 0.255 e. The minimum absolute atomic E-state index is 0.0389. The van der Waals surface area contributed by atoms with Crippen molar-refractivity contribution in [2.75, 3.05) is 16.8 Å². The van der Waals surface area contributed by atoms with Crippen LogP contribution >= 0.6 is 0 Å². The molecule has 24 heavy (non-hydrogen) atoms. The van der Waals surface area contributed by atoms with Gasteiger partial charge in [0.25, 0.3) is 5.91 Å². The summed E-state index contributed by atoms with van der Waals surface area (Å²) >= 11 is 0. The molecule has 2 amide bonds. The Balaban J connectivity index is 1.82. The topological polar surface area (TPSA) is 49.4 Å². The molecule has 1 N–H and O–H groups in total. The van der Waals surface area contributed by atoms with Crippen molar-refractivity contribution in [1.29, 1.82) is 0 Å². The van der Waals surface area contributed by atoms with Crippen LogP contribution in [0.25, 0.3) is 0 Å². The highest BCUT2D eigenvalue weighted by Gasteiger charge is 2.23. The Hall–Kier alpha value is -2.76. The first-order chi connectivity index (χ1) is 11.5. The van der Waals surface area contributed by atoms with Crippen molar-refractivity contribution in [3.8, 4) is 0 Å². The summed E-state index contributed by atoms with van der Waals surface area (Å²) in [5.41, 5.74) is 2.41. The molecule has 1 heterocycles. The number of nitrogens with zero attached hydrogens (tertiary/aromatic N) is 1. The molecule has 0 aliphatic carbocycles. The van der Waals surface area contributed by atoms with E-state index in [1.165, 1.54) is 6.07 Å². The second-order valence-electron chi connectivity index (χ2n) is 5.56. The molecule has 0 spiro atoms. The minimum Gasteiger partial charge on any atom is -0.322 e. The number of carbonyl (C=O) groups excluding carboxylic acids is 2. The average molecular weight is 330 g/mol. The molecule has 0 atom stereocenters. The van der Waals surface area contributed by atoms with Gasteiger partial charge in [-0.25, -0.2) is 8.78 Å². The molecule has 0 aromatic heterocycles. The van der Waals surface area contributed by atoms with Crippen LogP contribution in [0.5, 0.6) is 0 Å². The quantitative estimate of drug-likeness (QED) is 0.936. The van der Waals surface area contributed by atoms with Crippen molar-refractivity contribution >= 4 is 23.2 Å². The number of benzene rings is 2. The SMILES string of the molecule is CCN1C(=O)CCc2cc(NC(=O)c3ccc(F)c(F)c3)ccc21. The summed E-state index contributed by atoms with van der Waals surface area (Å²) in [5.74, 6) is -2.49. The zero-order chi connectivity index (χ0) is 17.3. The van der Waals surface area contributed by atoms with Gasteiger partial charge in [0, 0.05) is 29.9 Å². The van der Waals surface area contributed by atoms with E-state index in [-0.39, 0.29) is 11.5 Å². The number of nitrogens with one attached hydrogen (secondary N) is 1. The van der Waals surface area contributed by atoms with E-state index in [1.807, 2.05) is 13.0 Å². The van der Waals surface area contributed by atoms with Gasteiger partial charge in [-0.2, -0.15) is 0 Å². The smallest absolute Gasteiger partial charge is 0.255 e. The fourth-order valence-corrected chi connectivity index (χ4v) is 2.83. The monoisotopic (exact) mass is 330 g/mol. The van der Waals surface area contributed by atoms with Crippen LogP contribution < -0.4 is 10.2 Å². The van der Waals surface area contributed by atoms with Crippen molar-refractivity contribution in [2.45, 2.75) is 19.8 Å². The summed E-state index contributed by atoms with van der Waals surface area (Å²) in [5, 5.41) is 2.67. The third kappa shape index (κ3) is 2.99. The highest BCUT2D eigenvalue weighted by atomic mass is 19.2. The van der Waals surface area contributed by atoms with Gasteiger partial charge in [0.05, 0.1) is 0 Å². The van der Waals surface area contributed by atoms with E-state index in [1.54, 1.807) is 17.0 Å². The van der Waals surface area contributed by atoms with E-state index >= 15 is 0 Å². The maximum absolute atomic E-state index is 13.2. The van der Waals surface area contributed by atoms with Gasteiger partial charge < -0.3 is 10.2 Å². The third-order valence-corrected chi connectivity index (χ3v) is 4.04. The van der Waals surface area contributed by atoms with Gasteiger partial charge in [0.2, 0.25) is 5.91 Å². The molecule has 1 aliphatic heterocycles. The highest BCUT2D eigenvalue weighted by molar-refractivity contribution is 6.04. The Bertz CT molecular complexity index is 821. The van der Waals surface area contributed by atoms with Gasteiger partial charge in [-0.3, -0.25) is 9.59 Å². The van der Waals surface area contributed by atoms with Crippen LogP contribution in [0.15, 0.2) is 36.4 Å². The lowest BCUT2D eigenvalue weighted by molar-refractivity contribution is -0.118. The number of hydrogen-bond acceptors (Lipinski definition) is 2. The summed E-state index contributed by atoms with van der Waals surface area (Å²) in [7, 11) is 0. The summed E-state index contributed by atoms with van der Waals surface area (Å²) in [6, 6.07) is 8.29. The number of anilines is 2. The molecule has 6 heteroatoms. The fraction of sp³-hybridized carbons (Fsp3) is 0.222. The Labute approximate surface area is 138 Å². The molecule has 0 radical (unpaired) electrons. The molecule has 2 aromatic rings. The van der Waals surface area contributed by atoms with Crippen molar-refractivity contribution in [3.63, 3.8) is 0 Å². The lowest BCUT2D eigenvalue weighted by atomic mass is 10.0. The van der Waals surface area contributed by atoms with Crippen LogP contribution in [-0.4, -0.2) is 18.4 Å². The van der Waals surface area contributed by atoms with E-state index in [9.17, 15) is 18.4 Å². The number of aryl methyl sites for hydroxylation is 1. The lowest BCUT2D eigenvalue weighted by Gasteiger charge is -2.28. The number of hydrogen-bond donors (Lipinski definition) is 1. The van der Waals surface area contributed by atoms with Crippen molar-refractivity contribution < 1.29 is 18.4 Å². The Morgan fingerprint density at radius 1 is 1.12 bits per heavy atom. The van der Waals surface area contributed by atoms with Crippen molar-refractivity contribution in [2.24, 2.45) is 0 Å². The van der Waals surface area contributed by atoms with Crippen LogP contribution in [0.2, 0.25) is 0 Å². The molecule has 0 saturated carbocycles. The Morgan fingerprint density at radius 2 is 1.92 bits per heavy atom. The molecule has 124 valence electrons. The van der Waals surface area contributed by atoms with Crippen LogP contribution in [0.3, 0.4) is 0 Å². The average Bonchev–Trinajstić information content (AvgIpc) is 2.57. The molecular weight excluding hydrogens is 314 g/mol. The van der Waals surface area contributed by atoms with E-state index in [4.69, 9.17) is 0 Å². The molecule has 1 aliphatic rings. The van der Waals surface area contributed by atoms with Crippen LogP contribution in [0, 0.1) is 11.6 Å². The first kappa shape index (κ1) is 16.1. The summed E-state index contributed by atoms with van der Waals surface area (Å²) in [4.78, 5) is 25.7. The summed E-state index contributed by atoms with van der Waals surface area (Å²) < 4.78 is 26.2. The van der Waals surface area contributed by atoms with Gasteiger partial charge in [-0.15, -0.1) is 0 Å². The van der Waals surface area contributed by atoms with E-state index < -0.39 is 17.5 Å². The number of rotatable bonds is 3. The molecule has 0 saturated heterocycles. The standard InChI is InChI=1S/C18H16F2N2O2/c1-2-22-16-7-5-13(9-11(16)4-8-17(22)23)21-18(24)12-3-6-14(19)15(20)10-12/h3,5-7,9-10H,2,4,8H2,1H3,(H,21,24). The predicted octanol–water partition coefficient (Wildman–Crippen LogP) is 3.52. The van der Waals surface area contributed by atoms with Crippen LogP contribution in [0.4, 0.5) is 20.2 Å². The second-order valence-corrected chi connectivity index (χ2v) is 5.56. The predicted molar refractivity (Wildman–Crippen MR) is 87.1 cm³/mol. The molecule has 0 bridgehead atoms. The van der Waals surface area contributed by atoms with Gasteiger partial charge in [-0.05, 0) is 55.3 Å². The third-order valence-electron chi connectivity index (χ3n) is 4.04. The molecule has 3 rings (SSSR count). The Kier molecular flexibility index (Phi) is 4.29. The van der Waals surface area contributed by atoms with E-state index in [0.29, 0.717) is 25.1 Å². The zero-order valence-electron chi connectivity index (χ0n) is 13.1. The molecule has 2 aromatic carbocycles. The minimum atomic E-state index is -1.06. The van der Waals surface area contributed by atoms with Crippen LogP contribution in [0.1, 0.15) is 29.3 Å². The number of amides is 2.